The van der Waals surface area contributed by atoms with Gasteiger partial charge in [-0.05, 0) is 74.1 Å². The highest BCUT2D eigenvalue weighted by Gasteiger charge is 2.28. The minimum atomic E-state index is -3.91. The van der Waals surface area contributed by atoms with Crippen LogP contribution in [0.5, 0.6) is 5.75 Å². The fraction of sp³-hybridized carbons (Fsp3) is 0.355. The van der Waals surface area contributed by atoms with Crippen LogP contribution in [0.25, 0.3) is 0 Å². The number of benzene rings is 3. The van der Waals surface area contributed by atoms with Crippen LogP contribution in [0.2, 0.25) is 0 Å². The van der Waals surface area contributed by atoms with Crippen molar-refractivity contribution < 1.29 is 27.5 Å². The lowest BCUT2D eigenvalue weighted by atomic mass is 9.96. The SMILES string of the molecule is CCOC(=O)C1CCN(C(=O)Cc2ccc(NS(=O)(=O)c3ccc(Cc4ccc(C)cc4)cc3OC)cc2)CC1. The lowest BCUT2D eigenvalue weighted by Gasteiger charge is -2.31. The highest BCUT2D eigenvalue weighted by Crippen LogP contribution is 2.28. The van der Waals surface area contributed by atoms with E-state index >= 15 is 0 Å². The molecule has 0 saturated carbocycles. The number of hydrogen-bond acceptors (Lipinski definition) is 6. The van der Waals surface area contributed by atoms with Crippen molar-refractivity contribution in [3.05, 3.63) is 89.0 Å². The smallest absolute Gasteiger partial charge is 0.309 e. The molecular weight excluding hydrogens is 528 g/mol. The van der Waals surface area contributed by atoms with E-state index in [9.17, 15) is 18.0 Å². The molecule has 3 aromatic rings. The quantitative estimate of drug-likeness (QED) is 0.357. The summed E-state index contributed by atoms with van der Waals surface area (Å²) in [6, 6.07) is 20.1. The Kier molecular flexibility index (Phi) is 9.47. The number of hydrogen-bond donors (Lipinski definition) is 1. The van der Waals surface area contributed by atoms with E-state index in [1.807, 2.05) is 19.1 Å². The molecule has 0 radical (unpaired) electrons. The van der Waals surface area contributed by atoms with Crippen LogP contribution in [0.15, 0.2) is 71.6 Å². The first-order chi connectivity index (χ1) is 19.2. The third-order valence-electron chi connectivity index (χ3n) is 7.08. The Bertz CT molecular complexity index is 1430. The molecule has 1 aliphatic heterocycles. The average molecular weight is 565 g/mol. The maximum absolute atomic E-state index is 13.2. The predicted molar refractivity (Wildman–Crippen MR) is 154 cm³/mol. The zero-order chi connectivity index (χ0) is 28.7. The first kappa shape index (κ1) is 29.1. The number of esters is 1. The van der Waals surface area contributed by atoms with Crippen LogP contribution in [0.3, 0.4) is 0 Å². The third-order valence-corrected chi connectivity index (χ3v) is 8.50. The first-order valence-electron chi connectivity index (χ1n) is 13.5. The topological polar surface area (TPSA) is 102 Å². The molecule has 1 N–H and O–H groups in total. The molecule has 212 valence electrons. The summed E-state index contributed by atoms with van der Waals surface area (Å²) in [5.41, 5.74) is 4.41. The molecule has 1 amide bonds. The van der Waals surface area contributed by atoms with Crippen molar-refractivity contribution in [2.24, 2.45) is 5.92 Å². The summed E-state index contributed by atoms with van der Waals surface area (Å²) in [5, 5.41) is 0. The molecule has 1 saturated heterocycles. The van der Waals surface area contributed by atoms with E-state index in [2.05, 4.69) is 16.9 Å². The van der Waals surface area contributed by atoms with E-state index < -0.39 is 10.0 Å². The number of sulfonamides is 1. The summed E-state index contributed by atoms with van der Waals surface area (Å²) in [7, 11) is -2.46. The number of aryl methyl sites for hydroxylation is 1. The fourth-order valence-corrected chi connectivity index (χ4v) is 6.01. The van der Waals surface area contributed by atoms with E-state index in [1.54, 1.807) is 54.3 Å². The van der Waals surface area contributed by atoms with Gasteiger partial charge in [-0.2, -0.15) is 0 Å². The van der Waals surface area contributed by atoms with Crippen LogP contribution in [0.4, 0.5) is 5.69 Å². The summed E-state index contributed by atoms with van der Waals surface area (Å²) in [4.78, 5) is 26.5. The van der Waals surface area contributed by atoms with Crippen LogP contribution in [-0.4, -0.2) is 52.0 Å². The van der Waals surface area contributed by atoms with Crippen molar-refractivity contribution in [1.82, 2.24) is 4.90 Å². The second-order valence-electron chi connectivity index (χ2n) is 10.0. The Morgan fingerprint density at radius 2 is 1.55 bits per heavy atom. The van der Waals surface area contributed by atoms with Gasteiger partial charge in [-0.25, -0.2) is 8.42 Å². The van der Waals surface area contributed by atoms with E-state index in [1.165, 1.54) is 12.7 Å². The van der Waals surface area contributed by atoms with Gasteiger partial charge in [0.15, 0.2) is 0 Å². The number of rotatable bonds is 10. The number of nitrogens with one attached hydrogen (secondary N) is 1. The van der Waals surface area contributed by atoms with Crippen LogP contribution in [-0.2, 0) is 37.2 Å². The van der Waals surface area contributed by atoms with Crippen molar-refractivity contribution in [1.29, 1.82) is 0 Å². The van der Waals surface area contributed by atoms with Gasteiger partial charge < -0.3 is 14.4 Å². The van der Waals surface area contributed by atoms with E-state index in [0.29, 0.717) is 44.6 Å². The number of likely N-dealkylation sites (tertiary alicyclic amines) is 1. The zero-order valence-corrected chi connectivity index (χ0v) is 24.0. The fourth-order valence-electron chi connectivity index (χ4n) is 4.80. The number of amides is 1. The lowest BCUT2D eigenvalue weighted by Crippen LogP contribution is -2.41. The molecule has 3 aromatic carbocycles. The molecule has 0 unspecified atom stereocenters. The minimum Gasteiger partial charge on any atom is -0.495 e. The molecule has 4 rings (SSSR count). The molecule has 40 heavy (non-hydrogen) atoms. The second-order valence-corrected chi connectivity index (χ2v) is 11.7. The van der Waals surface area contributed by atoms with Gasteiger partial charge in [-0.3, -0.25) is 14.3 Å². The summed E-state index contributed by atoms with van der Waals surface area (Å²) in [6.07, 6.45) is 2.06. The van der Waals surface area contributed by atoms with Crippen molar-refractivity contribution in [3.63, 3.8) is 0 Å². The number of nitrogens with zero attached hydrogens (tertiary/aromatic N) is 1. The summed E-state index contributed by atoms with van der Waals surface area (Å²) >= 11 is 0. The third kappa shape index (κ3) is 7.41. The van der Waals surface area contributed by atoms with Gasteiger partial charge in [0.2, 0.25) is 5.91 Å². The standard InChI is InChI=1S/C31H36N2O6S/c1-4-39-31(35)26-15-17-33(18-16-26)30(34)21-24-9-12-27(13-10-24)32-40(36,37)29-14-11-25(20-28(29)38-3)19-23-7-5-22(2)6-8-23/h5-14,20,26,32H,4,15-19,21H2,1-3H3. The molecule has 1 fully saturated rings. The zero-order valence-electron chi connectivity index (χ0n) is 23.2. The van der Waals surface area contributed by atoms with Gasteiger partial charge in [0, 0.05) is 18.8 Å². The molecule has 0 aliphatic carbocycles. The predicted octanol–water partition coefficient (Wildman–Crippen LogP) is 4.74. The van der Waals surface area contributed by atoms with Crippen LogP contribution in [0, 0.1) is 12.8 Å². The Morgan fingerprint density at radius 3 is 2.17 bits per heavy atom. The van der Waals surface area contributed by atoms with Gasteiger partial charge in [0.1, 0.15) is 10.6 Å². The Morgan fingerprint density at radius 1 is 0.925 bits per heavy atom. The summed E-state index contributed by atoms with van der Waals surface area (Å²) < 4.78 is 39.5. The van der Waals surface area contributed by atoms with E-state index in [-0.39, 0.29) is 34.9 Å². The number of methoxy groups -OCH3 is 1. The lowest BCUT2D eigenvalue weighted by molar-refractivity contribution is -0.151. The van der Waals surface area contributed by atoms with Gasteiger partial charge in [-0.1, -0.05) is 48.0 Å². The number of ether oxygens (including phenoxy) is 2. The molecule has 0 atom stereocenters. The highest BCUT2D eigenvalue weighted by atomic mass is 32.2. The molecule has 9 heteroatoms. The Hall–Kier alpha value is -3.85. The first-order valence-corrected chi connectivity index (χ1v) is 15.0. The molecular formula is C31H36N2O6S. The van der Waals surface area contributed by atoms with Crippen molar-refractivity contribution >= 4 is 27.6 Å². The Balaban J connectivity index is 1.36. The van der Waals surface area contributed by atoms with Crippen LogP contribution >= 0.6 is 0 Å². The van der Waals surface area contributed by atoms with Crippen molar-refractivity contribution in [2.45, 2.75) is 44.4 Å². The average Bonchev–Trinajstić information content (AvgIpc) is 2.95. The second kappa shape index (κ2) is 13.0. The molecule has 0 aromatic heterocycles. The maximum atomic E-state index is 13.2. The van der Waals surface area contributed by atoms with Gasteiger partial charge in [0.05, 0.1) is 26.1 Å². The minimum absolute atomic E-state index is 0.0221. The number of piperidine rings is 1. The molecule has 8 nitrogen and oxygen atoms in total. The van der Waals surface area contributed by atoms with Crippen molar-refractivity contribution in [3.8, 4) is 5.75 Å². The molecule has 1 aliphatic rings. The molecule has 1 heterocycles. The number of anilines is 1. The largest absolute Gasteiger partial charge is 0.495 e. The van der Waals surface area contributed by atoms with Crippen molar-refractivity contribution in [2.75, 3.05) is 31.5 Å². The van der Waals surface area contributed by atoms with Gasteiger partial charge in [0.25, 0.3) is 10.0 Å². The van der Waals surface area contributed by atoms with Gasteiger partial charge in [-0.15, -0.1) is 0 Å². The van der Waals surface area contributed by atoms with Crippen LogP contribution < -0.4 is 9.46 Å². The maximum Gasteiger partial charge on any atom is 0.309 e. The Labute approximate surface area is 236 Å². The summed E-state index contributed by atoms with van der Waals surface area (Å²) in [5.74, 6) is -0.0973. The summed E-state index contributed by atoms with van der Waals surface area (Å²) in [6.45, 7) is 5.22. The van der Waals surface area contributed by atoms with E-state index in [4.69, 9.17) is 9.47 Å². The van der Waals surface area contributed by atoms with Crippen LogP contribution in [0.1, 0.15) is 42.0 Å². The highest BCUT2D eigenvalue weighted by molar-refractivity contribution is 7.92. The number of carbonyl (C=O) groups is 2. The normalized spacial score (nSPS) is 14.0. The number of carbonyl (C=O) groups excluding carboxylic acids is 2. The van der Waals surface area contributed by atoms with Gasteiger partial charge >= 0.3 is 5.97 Å². The van der Waals surface area contributed by atoms with E-state index in [0.717, 1.165) is 16.7 Å². The monoisotopic (exact) mass is 564 g/mol. The molecule has 0 bridgehead atoms. The molecule has 0 spiro atoms.